The lowest BCUT2D eigenvalue weighted by molar-refractivity contribution is 0.798. The molecule has 0 unspecified atom stereocenters. The molecular formula is C11H11BrN2. The lowest BCUT2D eigenvalue weighted by Gasteiger charge is -1.97. The fraction of sp³-hybridized carbons (Fsp3) is 0.182. The molecule has 0 amide bonds. The average molecular weight is 251 g/mol. The maximum Gasteiger partial charge on any atom is 0.106 e. The molecule has 14 heavy (non-hydrogen) atoms. The third-order valence-corrected chi connectivity index (χ3v) is 2.68. The molecule has 0 spiro atoms. The zero-order chi connectivity index (χ0) is 8.84. The Morgan fingerprint density at radius 1 is 1.29 bits per heavy atom. The molecule has 0 saturated heterocycles. The highest BCUT2D eigenvalue weighted by Gasteiger charge is 2.18. The van der Waals surface area contributed by atoms with Crippen molar-refractivity contribution in [3.63, 3.8) is 0 Å². The number of hydrogen-bond acceptors (Lipinski definition) is 1. The Kier molecular flexibility index (Phi) is 2.19. The number of fused-ring (bicyclic) bond motifs is 3. The first kappa shape index (κ1) is 9.46. The van der Waals surface area contributed by atoms with Crippen molar-refractivity contribution in [2.24, 2.45) is 0 Å². The normalized spacial score (nSPS) is 11.8. The van der Waals surface area contributed by atoms with Crippen molar-refractivity contribution < 1.29 is 0 Å². The molecule has 0 saturated carbocycles. The van der Waals surface area contributed by atoms with Gasteiger partial charge in [-0.15, -0.1) is 17.0 Å². The van der Waals surface area contributed by atoms with Crippen molar-refractivity contribution in [1.29, 1.82) is 0 Å². The molecule has 3 rings (SSSR count). The highest BCUT2D eigenvalue weighted by atomic mass is 79.9. The van der Waals surface area contributed by atoms with Crippen LogP contribution in [0.5, 0.6) is 0 Å². The molecular weight excluding hydrogens is 240 g/mol. The Hall–Kier alpha value is -1.09. The standard InChI is InChI=1S/C11H10N2.BrH/c1-8-12-6-11-10-5-3-2-4-9(10)7-13(8)11;/h2-6H,7H2,1H3;1H. The van der Waals surface area contributed by atoms with Crippen molar-refractivity contribution in [3.8, 4) is 11.3 Å². The lowest BCUT2D eigenvalue weighted by atomic mass is 10.1. The minimum Gasteiger partial charge on any atom is -0.324 e. The van der Waals surface area contributed by atoms with Gasteiger partial charge in [-0.1, -0.05) is 24.3 Å². The van der Waals surface area contributed by atoms with E-state index in [9.17, 15) is 0 Å². The highest BCUT2D eigenvalue weighted by Crippen LogP contribution is 2.31. The Balaban J connectivity index is 0.000000750. The van der Waals surface area contributed by atoms with Gasteiger partial charge in [0.2, 0.25) is 0 Å². The van der Waals surface area contributed by atoms with Crippen LogP contribution < -0.4 is 0 Å². The predicted octanol–water partition coefficient (Wildman–Crippen LogP) is 2.80. The monoisotopic (exact) mass is 250 g/mol. The van der Waals surface area contributed by atoms with Crippen LogP contribution in [0.15, 0.2) is 30.5 Å². The topological polar surface area (TPSA) is 17.8 Å². The summed E-state index contributed by atoms with van der Waals surface area (Å²) in [5.74, 6) is 1.10. The molecule has 1 aliphatic heterocycles. The van der Waals surface area contributed by atoms with Gasteiger partial charge in [-0.25, -0.2) is 4.98 Å². The Morgan fingerprint density at radius 3 is 2.93 bits per heavy atom. The van der Waals surface area contributed by atoms with E-state index in [1.807, 2.05) is 6.20 Å². The highest BCUT2D eigenvalue weighted by molar-refractivity contribution is 8.93. The molecule has 0 fully saturated rings. The molecule has 0 radical (unpaired) electrons. The Labute approximate surface area is 93.4 Å². The van der Waals surface area contributed by atoms with E-state index in [1.165, 1.54) is 16.8 Å². The minimum absolute atomic E-state index is 0. The first-order valence-corrected chi connectivity index (χ1v) is 4.46. The molecule has 3 heteroatoms. The largest absolute Gasteiger partial charge is 0.324 e. The molecule has 1 aliphatic rings. The number of halogens is 1. The van der Waals surface area contributed by atoms with E-state index in [0.29, 0.717) is 0 Å². The minimum atomic E-state index is 0. The maximum absolute atomic E-state index is 4.30. The smallest absolute Gasteiger partial charge is 0.106 e. The second kappa shape index (κ2) is 3.24. The zero-order valence-electron chi connectivity index (χ0n) is 7.90. The molecule has 2 nitrogen and oxygen atoms in total. The molecule has 0 atom stereocenters. The van der Waals surface area contributed by atoms with Crippen LogP contribution in [-0.4, -0.2) is 9.55 Å². The van der Waals surface area contributed by atoms with Crippen LogP contribution in [0.25, 0.3) is 11.3 Å². The predicted molar refractivity (Wildman–Crippen MR) is 61.8 cm³/mol. The molecule has 2 heterocycles. The molecule has 72 valence electrons. The second-order valence-corrected chi connectivity index (χ2v) is 3.43. The number of nitrogens with zero attached hydrogens (tertiary/aromatic N) is 2. The van der Waals surface area contributed by atoms with Crippen molar-refractivity contribution in [2.45, 2.75) is 13.5 Å². The molecule has 0 bridgehead atoms. The summed E-state index contributed by atoms with van der Waals surface area (Å²) in [6, 6.07) is 8.52. The van der Waals surface area contributed by atoms with Gasteiger partial charge in [0, 0.05) is 12.1 Å². The lowest BCUT2D eigenvalue weighted by Crippen LogP contribution is -1.95. The van der Waals surface area contributed by atoms with E-state index >= 15 is 0 Å². The van der Waals surface area contributed by atoms with Gasteiger partial charge in [0.1, 0.15) is 5.82 Å². The summed E-state index contributed by atoms with van der Waals surface area (Å²) in [6.07, 6.45) is 1.96. The van der Waals surface area contributed by atoms with Gasteiger partial charge in [0.15, 0.2) is 0 Å². The quantitative estimate of drug-likeness (QED) is 0.600. The van der Waals surface area contributed by atoms with Crippen molar-refractivity contribution in [2.75, 3.05) is 0 Å². The number of aromatic nitrogens is 2. The van der Waals surface area contributed by atoms with E-state index in [-0.39, 0.29) is 17.0 Å². The third-order valence-electron chi connectivity index (χ3n) is 2.68. The number of rotatable bonds is 0. The number of aryl methyl sites for hydroxylation is 1. The summed E-state index contributed by atoms with van der Waals surface area (Å²) >= 11 is 0. The van der Waals surface area contributed by atoms with Crippen LogP contribution in [0.2, 0.25) is 0 Å². The van der Waals surface area contributed by atoms with Crippen LogP contribution in [0, 0.1) is 6.92 Å². The summed E-state index contributed by atoms with van der Waals surface area (Å²) in [6.45, 7) is 3.03. The van der Waals surface area contributed by atoms with Gasteiger partial charge in [0.25, 0.3) is 0 Å². The Morgan fingerprint density at radius 2 is 2.07 bits per heavy atom. The van der Waals surface area contributed by atoms with Crippen LogP contribution >= 0.6 is 17.0 Å². The fourth-order valence-corrected chi connectivity index (χ4v) is 1.96. The van der Waals surface area contributed by atoms with Crippen molar-refractivity contribution in [1.82, 2.24) is 9.55 Å². The van der Waals surface area contributed by atoms with Crippen LogP contribution in [0.3, 0.4) is 0 Å². The van der Waals surface area contributed by atoms with Gasteiger partial charge in [0.05, 0.1) is 11.9 Å². The Bertz CT molecular complexity index is 474. The van der Waals surface area contributed by atoms with Gasteiger partial charge in [-0.3, -0.25) is 0 Å². The first-order chi connectivity index (χ1) is 6.36. The second-order valence-electron chi connectivity index (χ2n) is 3.43. The molecule has 2 aromatic rings. The van der Waals surface area contributed by atoms with Gasteiger partial charge in [-0.05, 0) is 12.5 Å². The average Bonchev–Trinajstić information content (AvgIpc) is 2.67. The number of benzene rings is 1. The van der Waals surface area contributed by atoms with Crippen molar-refractivity contribution >= 4 is 17.0 Å². The zero-order valence-corrected chi connectivity index (χ0v) is 9.61. The summed E-state index contributed by atoms with van der Waals surface area (Å²) in [4.78, 5) is 4.30. The van der Waals surface area contributed by atoms with Gasteiger partial charge < -0.3 is 4.57 Å². The molecule has 1 aromatic heterocycles. The molecule has 0 N–H and O–H groups in total. The number of hydrogen-bond donors (Lipinski definition) is 0. The van der Waals surface area contributed by atoms with Crippen molar-refractivity contribution in [3.05, 3.63) is 41.9 Å². The summed E-state index contributed by atoms with van der Waals surface area (Å²) < 4.78 is 2.25. The molecule has 0 aliphatic carbocycles. The molecule has 1 aromatic carbocycles. The van der Waals surface area contributed by atoms with E-state index in [0.717, 1.165) is 12.4 Å². The summed E-state index contributed by atoms with van der Waals surface area (Å²) in [7, 11) is 0. The van der Waals surface area contributed by atoms with E-state index < -0.39 is 0 Å². The SMILES string of the molecule is Br.Cc1ncc2n1Cc1ccccc1-2. The van der Waals surface area contributed by atoms with E-state index in [1.54, 1.807) is 0 Å². The third kappa shape index (κ3) is 1.12. The van der Waals surface area contributed by atoms with Gasteiger partial charge in [-0.2, -0.15) is 0 Å². The summed E-state index contributed by atoms with van der Waals surface area (Å²) in [5, 5.41) is 0. The van der Waals surface area contributed by atoms with E-state index in [2.05, 4.69) is 40.7 Å². The van der Waals surface area contributed by atoms with E-state index in [4.69, 9.17) is 0 Å². The van der Waals surface area contributed by atoms with Gasteiger partial charge >= 0.3 is 0 Å². The van der Waals surface area contributed by atoms with Crippen LogP contribution in [0.4, 0.5) is 0 Å². The first-order valence-electron chi connectivity index (χ1n) is 4.46. The number of imidazole rings is 1. The summed E-state index contributed by atoms with van der Waals surface area (Å²) in [5.41, 5.74) is 4.00. The fourth-order valence-electron chi connectivity index (χ4n) is 1.96. The van der Waals surface area contributed by atoms with Crippen LogP contribution in [0.1, 0.15) is 11.4 Å². The van der Waals surface area contributed by atoms with Crippen LogP contribution in [-0.2, 0) is 6.54 Å². The maximum atomic E-state index is 4.30.